The van der Waals surface area contributed by atoms with Crippen molar-refractivity contribution in [2.24, 2.45) is 0 Å². The van der Waals surface area contributed by atoms with Crippen LogP contribution in [0.15, 0.2) is 34.3 Å². The fourth-order valence-corrected chi connectivity index (χ4v) is 3.49. The minimum Gasteiger partial charge on any atom is -0.381 e. The van der Waals surface area contributed by atoms with Crippen molar-refractivity contribution < 1.29 is 9.18 Å². The number of hydrogen-bond acceptors (Lipinski definition) is 5. The molecular formula is C16H15FN4O2S. The minimum absolute atomic E-state index is 0.0636. The topological polar surface area (TPSA) is 76.0 Å². The predicted octanol–water partition coefficient (Wildman–Crippen LogP) is 2.31. The number of nitrogens with one attached hydrogen (secondary N) is 2. The fourth-order valence-electron chi connectivity index (χ4n) is 2.57. The van der Waals surface area contributed by atoms with Gasteiger partial charge in [-0.3, -0.25) is 14.2 Å². The molecule has 4 rings (SSSR count). The van der Waals surface area contributed by atoms with Crippen LogP contribution in [-0.4, -0.2) is 27.3 Å². The number of nitrogens with zero attached hydrogens (tertiary/aromatic N) is 2. The van der Waals surface area contributed by atoms with Gasteiger partial charge in [-0.25, -0.2) is 9.37 Å². The summed E-state index contributed by atoms with van der Waals surface area (Å²) in [6.45, 7) is 0.529. The van der Waals surface area contributed by atoms with E-state index in [9.17, 15) is 14.0 Å². The molecule has 1 aliphatic heterocycles. The third-order valence-corrected chi connectivity index (χ3v) is 4.96. The average molecular weight is 346 g/mol. The number of carbonyl (C=O) groups excluding carboxylic acids is 1. The summed E-state index contributed by atoms with van der Waals surface area (Å²) in [5.41, 5.74) is 0.113. The van der Waals surface area contributed by atoms with E-state index < -0.39 is 17.3 Å². The zero-order valence-electron chi connectivity index (χ0n) is 12.7. The largest absolute Gasteiger partial charge is 0.381 e. The maximum Gasteiger partial charge on any atom is 0.267 e. The van der Waals surface area contributed by atoms with Crippen LogP contribution in [0.1, 0.15) is 23.2 Å². The van der Waals surface area contributed by atoms with Crippen LogP contribution in [0.2, 0.25) is 0 Å². The molecule has 0 unspecified atom stereocenters. The molecule has 0 saturated heterocycles. The van der Waals surface area contributed by atoms with E-state index in [1.54, 1.807) is 12.1 Å². The van der Waals surface area contributed by atoms with Crippen molar-refractivity contribution in [2.75, 3.05) is 16.4 Å². The molecule has 2 aliphatic rings. The summed E-state index contributed by atoms with van der Waals surface area (Å²) in [6, 6.07) is 4.88. The van der Waals surface area contributed by atoms with E-state index >= 15 is 0 Å². The molecule has 2 heterocycles. The van der Waals surface area contributed by atoms with Gasteiger partial charge in [0.25, 0.3) is 11.5 Å². The Morgan fingerprint density at radius 2 is 2.21 bits per heavy atom. The number of hydrogen-bond donors (Lipinski definition) is 2. The Labute approximate surface area is 141 Å². The summed E-state index contributed by atoms with van der Waals surface area (Å²) in [7, 11) is 0. The van der Waals surface area contributed by atoms with Gasteiger partial charge >= 0.3 is 0 Å². The highest BCUT2D eigenvalue weighted by atomic mass is 32.2. The van der Waals surface area contributed by atoms with Crippen molar-refractivity contribution >= 4 is 29.0 Å². The number of aromatic nitrogens is 2. The molecule has 1 aromatic carbocycles. The van der Waals surface area contributed by atoms with Gasteiger partial charge in [0.1, 0.15) is 17.1 Å². The number of anilines is 2. The van der Waals surface area contributed by atoms with Crippen LogP contribution in [0.25, 0.3) is 0 Å². The molecule has 1 aromatic heterocycles. The standard InChI is InChI=1S/C16H15FN4O2S/c17-11-2-1-3-12(19-9-4-5-9)13(11)20-14(22)10-8-18-16-21(15(10)23)6-7-24-16/h1-3,8-9,19H,4-7H2,(H,20,22). The summed E-state index contributed by atoms with van der Waals surface area (Å²) < 4.78 is 15.6. The number of rotatable bonds is 4. The molecular weight excluding hydrogens is 331 g/mol. The molecule has 0 spiro atoms. The maximum absolute atomic E-state index is 14.2. The number of fused-ring (bicyclic) bond motifs is 1. The van der Waals surface area contributed by atoms with Gasteiger partial charge in [0, 0.05) is 24.5 Å². The summed E-state index contributed by atoms with van der Waals surface area (Å²) in [4.78, 5) is 29.0. The van der Waals surface area contributed by atoms with Crippen molar-refractivity contribution in [3.8, 4) is 0 Å². The maximum atomic E-state index is 14.2. The van der Waals surface area contributed by atoms with E-state index in [-0.39, 0.29) is 11.3 Å². The number of benzene rings is 1. The second-order valence-corrected chi connectivity index (χ2v) is 6.86. The van der Waals surface area contributed by atoms with Gasteiger partial charge in [-0.1, -0.05) is 17.8 Å². The van der Waals surface area contributed by atoms with E-state index in [1.165, 1.54) is 28.6 Å². The molecule has 0 atom stereocenters. The highest BCUT2D eigenvalue weighted by Gasteiger charge is 2.25. The lowest BCUT2D eigenvalue weighted by Crippen LogP contribution is -2.30. The van der Waals surface area contributed by atoms with E-state index in [4.69, 9.17) is 0 Å². The Balaban J connectivity index is 1.64. The quantitative estimate of drug-likeness (QED) is 0.831. The number of para-hydroxylation sites is 1. The van der Waals surface area contributed by atoms with Gasteiger partial charge in [0.05, 0.1) is 5.69 Å². The van der Waals surface area contributed by atoms with E-state index in [0.717, 1.165) is 18.6 Å². The molecule has 0 radical (unpaired) electrons. The van der Waals surface area contributed by atoms with Gasteiger partial charge in [0.2, 0.25) is 0 Å². The lowest BCUT2D eigenvalue weighted by molar-refractivity contribution is 0.102. The number of amides is 1. The van der Waals surface area contributed by atoms with Crippen molar-refractivity contribution in [1.29, 1.82) is 0 Å². The van der Waals surface area contributed by atoms with Crippen LogP contribution >= 0.6 is 11.8 Å². The third-order valence-electron chi connectivity index (χ3n) is 3.99. The van der Waals surface area contributed by atoms with Crippen LogP contribution in [-0.2, 0) is 6.54 Å². The summed E-state index contributed by atoms with van der Waals surface area (Å²) in [6.07, 6.45) is 3.31. The Morgan fingerprint density at radius 1 is 1.38 bits per heavy atom. The van der Waals surface area contributed by atoms with E-state index in [2.05, 4.69) is 15.6 Å². The molecule has 2 aromatic rings. The highest BCUT2D eigenvalue weighted by Crippen LogP contribution is 2.31. The zero-order chi connectivity index (χ0) is 16.7. The zero-order valence-corrected chi connectivity index (χ0v) is 13.5. The molecule has 1 aliphatic carbocycles. The SMILES string of the molecule is O=C(Nc1c(F)cccc1NC1CC1)c1cnc2n(c1=O)CCS2. The van der Waals surface area contributed by atoms with Crippen LogP contribution in [0.3, 0.4) is 0 Å². The average Bonchev–Trinajstić information content (AvgIpc) is 3.24. The van der Waals surface area contributed by atoms with E-state index in [1.807, 2.05) is 0 Å². The van der Waals surface area contributed by atoms with Gasteiger partial charge in [0.15, 0.2) is 5.16 Å². The molecule has 1 amide bonds. The first kappa shape index (κ1) is 15.2. The van der Waals surface area contributed by atoms with Gasteiger partial charge in [-0.2, -0.15) is 0 Å². The lowest BCUT2D eigenvalue weighted by atomic mass is 10.2. The highest BCUT2D eigenvalue weighted by molar-refractivity contribution is 7.99. The summed E-state index contributed by atoms with van der Waals surface area (Å²) in [5.74, 6) is -0.432. The van der Waals surface area contributed by atoms with Crippen molar-refractivity contribution in [3.63, 3.8) is 0 Å². The van der Waals surface area contributed by atoms with E-state index in [0.29, 0.717) is 23.4 Å². The molecule has 6 nitrogen and oxygen atoms in total. The van der Waals surface area contributed by atoms with Crippen molar-refractivity contribution in [1.82, 2.24) is 9.55 Å². The van der Waals surface area contributed by atoms with Gasteiger partial charge in [-0.05, 0) is 25.0 Å². The Kier molecular flexibility index (Phi) is 3.76. The van der Waals surface area contributed by atoms with Crippen molar-refractivity contribution in [3.05, 3.63) is 46.1 Å². The first-order valence-electron chi connectivity index (χ1n) is 7.72. The van der Waals surface area contributed by atoms with Gasteiger partial charge < -0.3 is 10.6 Å². The predicted molar refractivity (Wildman–Crippen MR) is 90.2 cm³/mol. The Bertz CT molecular complexity index is 879. The molecule has 124 valence electrons. The number of halogens is 1. The minimum atomic E-state index is -0.649. The molecule has 8 heteroatoms. The second-order valence-electron chi connectivity index (χ2n) is 5.79. The smallest absolute Gasteiger partial charge is 0.267 e. The first-order chi connectivity index (χ1) is 11.6. The van der Waals surface area contributed by atoms with Crippen LogP contribution < -0.4 is 16.2 Å². The normalized spacial score (nSPS) is 15.9. The lowest BCUT2D eigenvalue weighted by Gasteiger charge is -2.13. The molecule has 2 N–H and O–H groups in total. The van der Waals surface area contributed by atoms with Gasteiger partial charge in [-0.15, -0.1) is 0 Å². The summed E-state index contributed by atoms with van der Waals surface area (Å²) >= 11 is 1.48. The number of carbonyl (C=O) groups is 1. The first-order valence-corrected chi connectivity index (χ1v) is 8.71. The Hall–Kier alpha value is -2.35. The monoisotopic (exact) mass is 346 g/mol. The molecule has 24 heavy (non-hydrogen) atoms. The van der Waals surface area contributed by atoms with Crippen LogP contribution in [0, 0.1) is 5.82 Å². The van der Waals surface area contributed by atoms with Crippen LogP contribution in [0.5, 0.6) is 0 Å². The number of thioether (sulfide) groups is 1. The second kappa shape index (κ2) is 5.94. The molecule has 0 bridgehead atoms. The third kappa shape index (κ3) is 2.77. The van der Waals surface area contributed by atoms with Crippen molar-refractivity contribution in [2.45, 2.75) is 30.6 Å². The molecule has 1 saturated carbocycles. The fraction of sp³-hybridized carbons (Fsp3) is 0.312. The molecule has 1 fully saturated rings. The summed E-state index contributed by atoms with van der Waals surface area (Å²) in [5, 5.41) is 6.31. The Morgan fingerprint density at radius 3 is 3.00 bits per heavy atom. The van der Waals surface area contributed by atoms with Crippen LogP contribution in [0.4, 0.5) is 15.8 Å².